The van der Waals surface area contributed by atoms with Crippen LogP contribution in [0, 0.1) is 10.1 Å². The number of rotatable bonds is 7. The number of furan rings is 1. The summed E-state index contributed by atoms with van der Waals surface area (Å²) in [5, 5.41) is 29.2. The number of carboxylic acid groups (broad SMARTS) is 1. The Morgan fingerprint density at radius 3 is 2.85 bits per heavy atom. The van der Waals surface area contributed by atoms with Crippen molar-refractivity contribution in [3.8, 4) is 11.3 Å². The topological polar surface area (TPSA) is 138 Å². The normalized spacial score (nSPS) is 11.5. The van der Waals surface area contributed by atoms with E-state index in [1.165, 1.54) is 18.2 Å². The van der Waals surface area contributed by atoms with Gasteiger partial charge in [0.2, 0.25) is 5.16 Å². The third kappa shape index (κ3) is 4.42. The number of nitrogens with one attached hydrogen (secondary N) is 1. The van der Waals surface area contributed by atoms with Crippen molar-refractivity contribution in [1.82, 2.24) is 15.2 Å². The predicted octanol–water partition coefficient (Wildman–Crippen LogP) is 2.42. The van der Waals surface area contributed by atoms with Crippen molar-refractivity contribution in [2.24, 2.45) is 0 Å². The van der Waals surface area contributed by atoms with Gasteiger partial charge in [0.25, 0.3) is 5.69 Å². The number of benzene rings is 1. The fraction of sp³-hybridized carbons (Fsp3) is 0.118. The molecule has 0 saturated carbocycles. The van der Waals surface area contributed by atoms with Gasteiger partial charge in [-0.3, -0.25) is 15.2 Å². The fourth-order valence-corrected chi connectivity index (χ4v) is 2.90. The standard InChI is InChI=1S/C17H14N4O5S/c1-2-15-18-17(20-19-15)27-14(16(22)23)9-12-6-7-13(26-12)10-4-3-5-11(8-10)21(24)25/h3-9H,2H2,1H3,(H,22,23)(H,18,19,20)/p-1/b14-9+. The minimum atomic E-state index is -1.39. The van der Waals surface area contributed by atoms with Crippen molar-refractivity contribution in [2.45, 2.75) is 18.5 Å². The molecule has 0 aliphatic rings. The van der Waals surface area contributed by atoms with E-state index in [1.54, 1.807) is 24.3 Å². The highest BCUT2D eigenvalue weighted by molar-refractivity contribution is 8.04. The highest BCUT2D eigenvalue weighted by atomic mass is 32.2. The Labute approximate surface area is 157 Å². The van der Waals surface area contributed by atoms with Crippen LogP contribution < -0.4 is 5.11 Å². The Morgan fingerprint density at radius 1 is 1.37 bits per heavy atom. The van der Waals surface area contributed by atoms with Crippen molar-refractivity contribution < 1.29 is 19.2 Å². The van der Waals surface area contributed by atoms with Gasteiger partial charge in [-0.25, -0.2) is 4.98 Å². The maximum Gasteiger partial charge on any atom is 0.270 e. The Hall–Kier alpha value is -3.40. The number of aromatic amines is 1. The average Bonchev–Trinajstić information content (AvgIpc) is 3.30. The van der Waals surface area contributed by atoms with E-state index in [1.807, 2.05) is 6.92 Å². The second-order valence-corrected chi connectivity index (χ2v) is 6.33. The average molecular weight is 385 g/mol. The van der Waals surface area contributed by atoms with Crippen LogP contribution in [0.2, 0.25) is 0 Å². The van der Waals surface area contributed by atoms with Gasteiger partial charge in [0.15, 0.2) is 0 Å². The molecule has 0 amide bonds. The minimum absolute atomic E-state index is 0.0664. The van der Waals surface area contributed by atoms with Crippen LogP contribution in [-0.4, -0.2) is 26.1 Å². The first-order valence-electron chi connectivity index (χ1n) is 7.83. The summed E-state index contributed by atoms with van der Waals surface area (Å²) in [6.45, 7) is 1.89. The number of non-ortho nitro benzene ring substituents is 1. The molecule has 9 nitrogen and oxygen atoms in total. The second kappa shape index (κ2) is 7.87. The zero-order valence-electron chi connectivity index (χ0n) is 14.0. The number of carbonyl (C=O) groups is 1. The number of carboxylic acids is 1. The lowest BCUT2D eigenvalue weighted by Crippen LogP contribution is -2.23. The monoisotopic (exact) mass is 385 g/mol. The van der Waals surface area contributed by atoms with Gasteiger partial charge < -0.3 is 14.3 Å². The summed E-state index contributed by atoms with van der Waals surface area (Å²) in [6, 6.07) is 9.12. The molecule has 0 radical (unpaired) electrons. The molecule has 0 atom stereocenters. The Morgan fingerprint density at radius 2 is 2.19 bits per heavy atom. The van der Waals surface area contributed by atoms with Gasteiger partial charge in [0.05, 0.1) is 10.9 Å². The van der Waals surface area contributed by atoms with E-state index in [9.17, 15) is 20.0 Å². The summed E-state index contributed by atoms with van der Waals surface area (Å²) in [5.74, 6) is -0.120. The third-order valence-electron chi connectivity index (χ3n) is 3.49. The van der Waals surface area contributed by atoms with E-state index < -0.39 is 10.9 Å². The molecule has 0 unspecified atom stereocenters. The predicted molar refractivity (Wildman–Crippen MR) is 95.4 cm³/mol. The van der Waals surface area contributed by atoms with Crippen molar-refractivity contribution in [2.75, 3.05) is 0 Å². The first kappa shape index (κ1) is 18.4. The van der Waals surface area contributed by atoms with Gasteiger partial charge in [-0.15, -0.1) is 5.10 Å². The van der Waals surface area contributed by atoms with Crippen molar-refractivity contribution in [3.63, 3.8) is 0 Å². The van der Waals surface area contributed by atoms with Crippen molar-refractivity contribution in [1.29, 1.82) is 0 Å². The maximum absolute atomic E-state index is 11.4. The van der Waals surface area contributed by atoms with Gasteiger partial charge in [-0.05, 0) is 30.0 Å². The molecular weight excluding hydrogens is 372 g/mol. The molecule has 3 rings (SSSR count). The summed E-state index contributed by atoms with van der Waals surface area (Å²) >= 11 is 0.836. The lowest BCUT2D eigenvalue weighted by Gasteiger charge is -2.04. The van der Waals surface area contributed by atoms with Gasteiger partial charge >= 0.3 is 0 Å². The number of hydrogen-bond acceptors (Lipinski definition) is 8. The number of aliphatic carboxylic acids is 1. The molecule has 0 spiro atoms. The lowest BCUT2D eigenvalue weighted by molar-refractivity contribution is -0.384. The van der Waals surface area contributed by atoms with Crippen LogP contribution in [0.4, 0.5) is 5.69 Å². The number of hydrogen-bond donors (Lipinski definition) is 1. The van der Waals surface area contributed by atoms with Crippen LogP contribution in [0.3, 0.4) is 0 Å². The lowest BCUT2D eigenvalue weighted by atomic mass is 10.1. The Balaban J connectivity index is 1.85. The Kier molecular flexibility index (Phi) is 5.36. The van der Waals surface area contributed by atoms with Crippen LogP contribution in [0.15, 0.2) is 50.9 Å². The molecule has 10 heteroatoms. The number of nitrogens with zero attached hydrogens (tertiary/aromatic N) is 3. The van der Waals surface area contributed by atoms with E-state index in [4.69, 9.17) is 4.42 Å². The number of carbonyl (C=O) groups excluding carboxylic acids is 1. The van der Waals surface area contributed by atoms with Crippen LogP contribution in [0.1, 0.15) is 18.5 Å². The first-order chi connectivity index (χ1) is 13.0. The maximum atomic E-state index is 11.4. The van der Waals surface area contributed by atoms with Crippen molar-refractivity contribution in [3.05, 3.63) is 63.0 Å². The summed E-state index contributed by atoms with van der Waals surface area (Å²) in [6.07, 6.45) is 1.94. The number of H-pyrrole nitrogens is 1. The van der Waals surface area contributed by atoms with Gasteiger partial charge in [0.1, 0.15) is 17.3 Å². The number of nitro benzene ring substituents is 1. The van der Waals surface area contributed by atoms with Crippen molar-refractivity contribution >= 4 is 29.5 Å². The zero-order valence-corrected chi connectivity index (χ0v) is 14.9. The highest BCUT2D eigenvalue weighted by Crippen LogP contribution is 2.29. The molecule has 27 heavy (non-hydrogen) atoms. The number of nitro groups is 1. The van der Waals surface area contributed by atoms with E-state index >= 15 is 0 Å². The molecular formula is C17H13N4O5S-. The van der Waals surface area contributed by atoms with Gasteiger partial charge in [-0.1, -0.05) is 19.1 Å². The first-order valence-corrected chi connectivity index (χ1v) is 8.64. The largest absolute Gasteiger partial charge is 0.544 e. The SMILES string of the molecule is CCc1nc(S/C(=C/c2ccc(-c3cccc([N+](=O)[O-])c3)o2)C(=O)[O-])n[nH]1. The summed E-state index contributed by atoms with van der Waals surface area (Å²) in [4.78, 5) is 25.8. The number of thioether (sulfide) groups is 1. The quantitative estimate of drug-likeness (QED) is 0.283. The van der Waals surface area contributed by atoms with Gasteiger partial charge in [-0.2, -0.15) is 0 Å². The molecule has 2 aromatic heterocycles. The highest BCUT2D eigenvalue weighted by Gasteiger charge is 2.12. The van der Waals surface area contributed by atoms with E-state index in [2.05, 4.69) is 15.2 Å². The van der Waals surface area contributed by atoms with E-state index in [0.717, 1.165) is 11.8 Å². The van der Waals surface area contributed by atoms with Crippen LogP contribution in [0.5, 0.6) is 0 Å². The Bertz CT molecular complexity index is 1020. The minimum Gasteiger partial charge on any atom is -0.544 e. The molecule has 1 N–H and O–H groups in total. The van der Waals surface area contributed by atoms with E-state index in [0.29, 0.717) is 23.6 Å². The zero-order chi connectivity index (χ0) is 19.4. The van der Waals surface area contributed by atoms with Gasteiger partial charge in [0, 0.05) is 29.0 Å². The third-order valence-corrected chi connectivity index (χ3v) is 4.36. The molecule has 2 heterocycles. The molecule has 0 aliphatic carbocycles. The summed E-state index contributed by atoms with van der Waals surface area (Å²) < 4.78 is 5.60. The fourth-order valence-electron chi connectivity index (χ4n) is 2.20. The van der Waals surface area contributed by atoms with Crippen LogP contribution >= 0.6 is 11.8 Å². The molecule has 0 bridgehead atoms. The van der Waals surface area contributed by atoms with Crippen LogP contribution in [0.25, 0.3) is 17.4 Å². The number of aryl methyl sites for hydroxylation is 1. The summed E-state index contributed by atoms with van der Waals surface area (Å²) in [5.41, 5.74) is 0.441. The molecule has 0 aliphatic heterocycles. The summed E-state index contributed by atoms with van der Waals surface area (Å²) in [7, 11) is 0. The number of aromatic nitrogens is 3. The second-order valence-electron chi connectivity index (χ2n) is 5.33. The smallest absolute Gasteiger partial charge is 0.270 e. The molecule has 0 saturated heterocycles. The molecule has 0 fully saturated rings. The molecule has 1 aromatic carbocycles. The van der Waals surface area contributed by atoms with Crippen LogP contribution in [-0.2, 0) is 11.2 Å². The van der Waals surface area contributed by atoms with E-state index in [-0.39, 0.29) is 21.5 Å². The molecule has 138 valence electrons. The molecule has 3 aromatic rings.